The SMILES string of the molecule is COCOc1cc2c(=O)c3c(nnn3Cc3ccc(OC)cc3)c(=O)[nH]c2cc1C. The zero-order chi connectivity index (χ0) is 21.3. The number of aromatic amines is 1. The van der Waals surface area contributed by atoms with Crippen molar-refractivity contribution in [1.82, 2.24) is 20.0 Å². The lowest BCUT2D eigenvalue weighted by molar-refractivity contribution is 0.0507. The molecule has 0 aliphatic heterocycles. The van der Waals surface area contributed by atoms with Gasteiger partial charge in [0.2, 0.25) is 5.43 Å². The van der Waals surface area contributed by atoms with Crippen LogP contribution >= 0.6 is 0 Å². The predicted molar refractivity (Wildman–Crippen MR) is 111 cm³/mol. The van der Waals surface area contributed by atoms with Gasteiger partial charge in [0.1, 0.15) is 17.0 Å². The summed E-state index contributed by atoms with van der Waals surface area (Å²) in [5.74, 6) is 1.22. The Morgan fingerprint density at radius 2 is 1.87 bits per heavy atom. The van der Waals surface area contributed by atoms with E-state index in [-0.39, 0.29) is 29.8 Å². The van der Waals surface area contributed by atoms with Gasteiger partial charge in [0.25, 0.3) is 5.56 Å². The lowest BCUT2D eigenvalue weighted by Gasteiger charge is -2.08. The zero-order valence-electron chi connectivity index (χ0n) is 16.8. The highest BCUT2D eigenvalue weighted by atomic mass is 16.7. The van der Waals surface area contributed by atoms with Crippen LogP contribution in [0.2, 0.25) is 0 Å². The number of H-pyrrole nitrogens is 1. The smallest absolute Gasteiger partial charge is 0.278 e. The summed E-state index contributed by atoms with van der Waals surface area (Å²) in [6.07, 6.45) is 0. The van der Waals surface area contributed by atoms with Crippen LogP contribution in [0.5, 0.6) is 11.5 Å². The molecular weight excluding hydrogens is 388 g/mol. The molecule has 154 valence electrons. The van der Waals surface area contributed by atoms with Crippen molar-refractivity contribution < 1.29 is 14.2 Å². The second-order valence-electron chi connectivity index (χ2n) is 6.79. The summed E-state index contributed by atoms with van der Waals surface area (Å²) in [5, 5.41) is 8.31. The summed E-state index contributed by atoms with van der Waals surface area (Å²) in [4.78, 5) is 28.8. The Bertz CT molecular complexity index is 1340. The Kier molecular flexibility index (Phi) is 5.20. The standard InChI is InChI=1S/C21H20N4O5/c1-12-8-16-15(9-17(12)30-11-28-2)20(26)19-18(21(27)22-16)23-24-25(19)10-13-4-6-14(29-3)7-5-13/h4-9H,10-11H2,1-3H3,(H,22,27). The molecule has 9 nitrogen and oxygen atoms in total. The van der Waals surface area contributed by atoms with Gasteiger partial charge in [-0.3, -0.25) is 9.59 Å². The monoisotopic (exact) mass is 408 g/mol. The third kappa shape index (κ3) is 3.50. The highest BCUT2D eigenvalue weighted by molar-refractivity contribution is 5.88. The van der Waals surface area contributed by atoms with Crippen LogP contribution in [0.4, 0.5) is 0 Å². The van der Waals surface area contributed by atoms with Gasteiger partial charge in [0.05, 0.1) is 24.6 Å². The molecular formula is C21H20N4O5. The Balaban J connectivity index is 1.92. The summed E-state index contributed by atoms with van der Waals surface area (Å²) in [6, 6.07) is 10.7. The fourth-order valence-electron chi connectivity index (χ4n) is 3.27. The van der Waals surface area contributed by atoms with Gasteiger partial charge < -0.3 is 19.2 Å². The third-order valence-electron chi connectivity index (χ3n) is 4.80. The van der Waals surface area contributed by atoms with Crippen LogP contribution in [0.3, 0.4) is 0 Å². The van der Waals surface area contributed by atoms with Crippen molar-refractivity contribution in [2.75, 3.05) is 21.0 Å². The first-order valence-corrected chi connectivity index (χ1v) is 9.20. The fraction of sp³-hybridized carbons (Fsp3) is 0.238. The number of rotatable bonds is 6. The number of aromatic nitrogens is 4. The molecule has 4 aromatic rings. The first-order chi connectivity index (χ1) is 14.5. The Morgan fingerprint density at radius 1 is 1.10 bits per heavy atom. The summed E-state index contributed by atoms with van der Waals surface area (Å²) >= 11 is 0. The lowest BCUT2D eigenvalue weighted by Crippen LogP contribution is -2.10. The molecule has 0 radical (unpaired) electrons. The van der Waals surface area contributed by atoms with Gasteiger partial charge in [-0.15, -0.1) is 5.10 Å². The first-order valence-electron chi connectivity index (χ1n) is 9.20. The van der Waals surface area contributed by atoms with Crippen molar-refractivity contribution in [3.8, 4) is 11.5 Å². The number of aryl methyl sites for hydroxylation is 1. The molecule has 0 atom stereocenters. The molecule has 2 aromatic heterocycles. The second kappa shape index (κ2) is 7.96. The van der Waals surface area contributed by atoms with Gasteiger partial charge in [0, 0.05) is 7.11 Å². The minimum Gasteiger partial charge on any atom is -0.497 e. The number of nitrogens with one attached hydrogen (secondary N) is 1. The number of fused-ring (bicyclic) bond motifs is 2. The molecule has 4 rings (SSSR count). The number of nitrogens with zero attached hydrogens (tertiary/aromatic N) is 3. The van der Waals surface area contributed by atoms with Crippen molar-refractivity contribution >= 4 is 21.9 Å². The van der Waals surface area contributed by atoms with Crippen LogP contribution in [-0.2, 0) is 11.3 Å². The van der Waals surface area contributed by atoms with Crippen LogP contribution in [0.15, 0.2) is 46.0 Å². The number of hydrogen-bond donors (Lipinski definition) is 1. The average Bonchev–Trinajstić information content (AvgIpc) is 3.13. The largest absolute Gasteiger partial charge is 0.497 e. The number of methoxy groups -OCH3 is 2. The maximum Gasteiger partial charge on any atom is 0.278 e. The molecule has 0 spiro atoms. The molecule has 9 heteroatoms. The van der Waals surface area contributed by atoms with Crippen LogP contribution < -0.4 is 20.5 Å². The molecule has 2 heterocycles. The lowest BCUT2D eigenvalue weighted by atomic mass is 10.1. The molecule has 0 unspecified atom stereocenters. The van der Waals surface area contributed by atoms with E-state index < -0.39 is 5.56 Å². The molecule has 0 aliphatic carbocycles. The van der Waals surface area contributed by atoms with E-state index in [4.69, 9.17) is 14.2 Å². The minimum atomic E-state index is -0.483. The predicted octanol–water partition coefficient (Wildman–Crippen LogP) is 1.98. The number of ether oxygens (including phenoxy) is 3. The van der Waals surface area contributed by atoms with E-state index in [0.717, 1.165) is 16.9 Å². The van der Waals surface area contributed by atoms with E-state index in [0.29, 0.717) is 16.7 Å². The van der Waals surface area contributed by atoms with Gasteiger partial charge in [-0.25, -0.2) is 4.68 Å². The second-order valence-corrected chi connectivity index (χ2v) is 6.79. The maximum atomic E-state index is 13.4. The van der Waals surface area contributed by atoms with Crippen LogP contribution in [0.25, 0.3) is 21.9 Å². The average molecular weight is 408 g/mol. The van der Waals surface area contributed by atoms with Crippen molar-refractivity contribution in [1.29, 1.82) is 0 Å². The van der Waals surface area contributed by atoms with Crippen molar-refractivity contribution in [2.45, 2.75) is 13.5 Å². The third-order valence-corrected chi connectivity index (χ3v) is 4.80. The van der Waals surface area contributed by atoms with Crippen LogP contribution in [0.1, 0.15) is 11.1 Å². The van der Waals surface area contributed by atoms with E-state index in [1.54, 1.807) is 19.2 Å². The topological polar surface area (TPSA) is 108 Å². The van der Waals surface area contributed by atoms with E-state index in [1.807, 2.05) is 31.2 Å². The van der Waals surface area contributed by atoms with Crippen molar-refractivity contribution in [2.24, 2.45) is 0 Å². The van der Waals surface area contributed by atoms with E-state index in [1.165, 1.54) is 11.8 Å². The minimum absolute atomic E-state index is 0.0123. The molecule has 0 aliphatic rings. The zero-order valence-corrected chi connectivity index (χ0v) is 16.8. The van der Waals surface area contributed by atoms with Gasteiger partial charge in [0.15, 0.2) is 12.3 Å². The highest BCUT2D eigenvalue weighted by Crippen LogP contribution is 2.23. The van der Waals surface area contributed by atoms with Gasteiger partial charge in [-0.2, -0.15) is 0 Å². The molecule has 30 heavy (non-hydrogen) atoms. The fourth-order valence-corrected chi connectivity index (χ4v) is 3.27. The molecule has 0 bridgehead atoms. The molecule has 0 fully saturated rings. The maximum absolute atomic E-state index is 13.4. The molecule has 1 N–H and O–H groups in total. The van der Waals surface area contributed by atoms with Crippen molar-refractivity contribution in [3.05, 3.63) is 68.1 Å². The van der Waals surface area contributed by atoms with Gasteiger partial charge in [-0.05, 0) is 42.3 Å². The van der Waals surface area contributed by atoms with E-state index >= 15 is 0 Å². The Hall–Kier alpha value is -3.72. The molecule has 2 aromatic carbocycles. The molecule has 0 saturated carbocycles. The summed E-state index contributed by atoms with van der Waals surface area (Å²) < 4.78 is 17.1. The normalized spacial score (nSPS) is 11.2. The van der Waals surface area contributed by atoms with Gasteiger partial charge >= 0.3 is 0 Å². The highest BCUT2D eigenvalue weighted by Gasteiger charge is 2.16. The van der Waals surface area contributed by atoms with Crippen LogP contribution in [-0.4, -0.2) is 41.0 Å². The Morgan fingerprint density at radius 3 is 2.57 bits per heavy atom. The van der Waals surface area contributed by atoms with Gasteiger partial charge in [-0.1, -0.05) is 17.3 Å². The molecule has 0 amide bonds. The van der Waals surface area contributed by atoms with E-state index in [9.17, 15) is 9.59 Å². The summed E-state index contributed by atoms with van der Waals surface area (Å²) in [7, 11) is 3.10. The van der Waals surface area contributed by atoms with Crippen molar-refractivity contribution in [3.63, 3.8) is 0 Å². The van der Waals surface area contributed by atoms with Crippen LogP contribution in [0, 0.1) is 6.92 Å². The van der Waals surface area contributed by atoms with E-state index in [2.05, 4.69) is 15.3 Å². The summed E-state index contributed by atoms with van der Waals surface area (Å²) in [6.45, 7) is 2.14. The number of hydrogen-bond acceptors (Lipinski definition) is 7. The Labute approximate surface area is 170 Å². The summed E-state index contributed by atoms with van der Waals surface area (Å²) in [5.41, 5.74) is 1.32. The number of benzene rings is 2. The molecule has 0 saturated heterocycles. The quantitative estimate of drug-likeness (QED) is 0.486. The first kappa shape index (κ1) is 19.6.